The van der Waals surface area contributed by atoms with E-state index in [1.54, 1.807) is 25.3 Å². The number of hydrogen-bond acceptors (Lipinski definition) is 3. The quantitative estimate of drug-likeness (QED) is 0.752. The summed E-state index contributed by atoms with van der Waals surface area (Å²) in [6.07, 6.45) is 3.93. The van der Waals surface area contributed by atoms with Crippen molar-refractivity contribution >= 4 is 29.7 Å². The first-order valence-corrected chi connectivity index (χ1v) is 6.86. The molecule has 1 rings (SSSR count). The number of nitrogens with two attached hydrogens (primary N) is 1. The number of carbonyl (C=O) groups is 1. The van der Waals surface area contributed by atoms with Gasteiger partial charge in [-0.15, -0.1) is 12.4 Å². The van der Waals surface area contributed by atoms with Crippen molar-refractivity contribution in [1.82, 2.24) is 0 Å². The van der Waals surface area contributed by atoms with Gasteiger partial charge in [0.05, 0.1) is 18.5 Å². The van der Waals surface area contributed by atoms with E-state index in [1.807, 2.05) is 6.92 Å². The minimum absolute atomic E-state index is 0. The highest BCUT2D eigenvalue weighted by Crippen LogP contribution is 2.25. The van der Waals surface area contributed by atoms with E-state index in [1.165, 1.54) is 0 Å². The lowest BCUT2D eigenvalue weighted by atomic mass is 9.98. The molecule has 3 N–H and O–H groups in total. The number of nitrogens with one attached hydrogen (secondary N) is 1. The summed E-state index contributed by atoms with van der Waals surface area (Å²) in [4.78, 5) is 12.2. The third-order valence-corrected chi connectivity index (χ3v) is 3.29. The molecular weight excluding hydrogens is 276 g/mol. The second-order valence-electron chi connectivity index (χ2n) is 4.69. The van der Waals surface area contributed by atoms with Gasteiger partial charge in [-0.05, 0) is 25.0 Å². The lowest BCUT2D eigenvalue weighted by Crippen LogP contribution is -2.22. The first kappa shape index (κ1) is 18.6. The zero-order chi connectivity index (χ0) is 14.3. The summed E-state index contributed by atoms with van der Waals surface area (Å²) in [5, 5.41) is 2.90. The van der Waals surface area contributed by atoms with E-state index in [9.17, 15) is 4.79 Å². The molecule has 1 aromatic carbocycles. The number of methoxy groups -OCH3 is 1. The van der Waals surface area contributed by atoms with E-state index in [2.05, 4.69) is 12.2 Å². The third-order valence-electron chi connectivity index (χ3n) is 3.29. The molecule has 0 heterocycles. The molecule has 4 nitrogen and oxygen atoms in total. The maximum absolute atomic E-state index is 12.2. The van der Waals surface area contributed by atoms with E-state index in [0.717, 1.165) is 25.7 Å². The fraction of sp³-hybridized carbons (Fsp3) is 0.533. The predicted octanol–water partition coefficient (Wildman–Crippen LogP) is 3.85. The standard InChI is InChI=1S/C15H24N2O2.ClH/c1-4-6-7-11(5-2)15(18)17-14-10-12(19-3)8-9-13(14)16;/h8-11H,4-7,16H2,1-3H3,(H,17,18);1H. The number of anilines is 2. The van der Waals surface area contributed by atoms with Gasteiger partial charge in [0.25, 0.3) is 0 Å². The number of rotatable bonds is 7. The molecular formula is C15H25ClN2O2. The van der Waals surface area contributed by atoms with Crippen molar-refractivity contribution in [3.05, 3.63) is 18.2 Å². The molecule has 0 saturated carbocycles. The van der Waals surface area contributed by atoms with E-state index in [0.29, 0.717) is 17.1 Å². The molecule has 0 fully saturated rings. The molecule has 0 radical (unpaired) electrons. The molecule has 0 bridgehead atoms. The lowest BCUT2D eigenvalue weighted by Gasteiger charge is -2.16. The number of nitrogen functional groups attached to an aromatic ring is 1. The van der Waals surface area contributed by atoms with Gasteiger partial charge in [0.1, 0.15) is 5.75 Å². The average molecular weight is 301 g/mol. The van der Waals surface area contributed by atoms with Gasteiger partial charge in [-0.1, -0.05) is 26.7 Å². The Morgan fingerprint density at radius 1 is 1.40 bits per heavy atom. The summed E-state index contributed by atoms with van der Waals surface area (Å²) in [5.41, 5.74) is 7.04. The molecule has 0 aliphatic heterocycles. The molecule has 0 saturated heterocycles. The van der Waals surface area contributed by atoms with Crippen LogP contribution >= 0.6 is 12.4 Å². The van der Waals surface area contributed by atoms with Gasteiger partial charge in [0.15, 0.2) is 0 Å². The van der Waals surface area contributed by atoms with Gasteiger partial charge >= 0.3 is 0 Å². The Morgan fingerprint density at radius 3 is 2.65 bits per heavy atom. The predicted molar refractivity (Wildman–Crippen MR) is 86.6 cm³/mol. The highest BCUT2D eigenvalue weighted by molar-refractivity contribution is 5.95. The van der Waals surface area contributed by atoms with Crippen LogP contribution in [0, 0.1) is 5.92 Å². The monoisotopic (exact) mass is 300 g/mol. The number of hydrogen-bond donors (Lipinski definition) is 2. The van der Waals surface area contributed by atoms with Crippen molar-refractivity contribution in [2.24, 2.45) is 5.92 Å². The van der Waals surface area contributed by atoms with Gasteiger partial charge in [-0.25, -0.2) is 0 Å². The van der Waals surface area contributed by atoms with Crippen molar-refractivity contribution in [1.29, 1.82) is 0 Å². The first-order chi connectivity index (χ1) is 9.12. The molecule has 20 heavy (non-hydrogen) atoms. The normalized spacial score (nSPS) is 11.3. The molecule has 1 atom stereocenters. The number of amides is 1. The van der Waals surface area contributed by atoms with E-state index >= 15 is 0 Å². The van der Waals surface area contributed by atoms with Crippen LogP contribution in [0.15, 0.2) is 18.2 Å². The molecule has 0 aliphatic rings. The van der Waals surface area contributed by atoms with E-state index in [4.69, 9.17) is 10.5 Å². The van der Waals surface area contributed by atoms with Crippen LogP contribution in [0.2, 0.25) is 0 Å². The van der Waals surface area contributed by atoms with Gasteiger partial charge in [-0.2, -0.15) is 0 Å². The van der Waals surface area contributed by atoms with Crippen molar-refractivity contribution in [2.45, 2.75) is 39.5 Å². The first-order valence-electron chi connectivity index (χ1n) is 6.86. The highest BCUT2D eigenvalue weighted by atomic mass is 35.5. The van der Waals surface area contributed by atoms with Crippen LogP contribution in [-0.4, -0.2) is 13.0 Å². The van der Waals surface area contributed by atoms with Gasteiger partial charge in [-0.3, -0.25) is 4.79 Å². The van der Waals surface area contributed by atoms with E-state index < -0.39 is 0 Å². The number of carbonyl (C=O) groups excluding carboxylic acids is 1. The van der Waals surface area contributed by atoms with Gasteiger partial charge in [0.2, 0.25) is 5.91 Å². The maximum atomic E-state index is 12.2. The summed E-state index contributed by atoms with van der Waals surface area (Å²) < 4.78 is 5.14. The van der Waals surface area contributed by atoms with Crippen LogP contribution in [0.3, 0.4) is 0 Å². The van der Waals surface area contributed by atoms with Crippen LogP contribution in [-0.2, 0) is 4.79 Å². The maximum Gasteiger partial charge on any atom is 0.227 e. The largest absolute Gasteiger partial charge is 0.497 e. The van der Waals surface area contributed by atoms with Crippen LogP contribution in [0.25, 0.3) is 0 Å². The van der Waals surface area contributed by atoms with E-state index in [-0.39, 0.29) is 24.2 Å². The molecule has 0 spiro atoms. The Bertz CT molecular complexity index is 424. The summed E-state index contributed by atoms with van der Waals surface area (Å²) >= 11 is 0. The Morgan fingerprint density at radius 2 is 2.10 bits per heavy atom. The zero-order valence-corrected chi connectivity index (χ0v) is 13.3. The number of unbranched alkanes of at least 4 members (excludes halogenated alkanes) is 1. The second-order valence-corrected chi connectivity index (χ2v) is 4.69. The summed E-state index contributed by atoms with van der Waals surface area (Å²) in [7, 11) is 1.59. The number of halogens is 1. The topological polar surface area (TPSA) is 64.3 Å². The van der Waals surface area contributed by atoms with Crippen LogP contribution in [0.1, 0.15) is 39.5 Å². The Hall–Kier alpha value is -1.42. The third kappa shape index (κ3) is 5.29. The van der Waals surface area contributed by atoms with Crippen LogP contribution in [0.5, 0.6) is 5.75 Å². The van der Waals surface area contributed by atoms with Crippen LogP contribution in [0.4, 0.5) is 11.4 Å². The fourth-order valence-corrected chi connectivity index (χ4v) is 1.98. The second kappa shape index (κ2) is 9.48. The SMILES string of the molecule is CCCCC(CC)C(=O)Nc1cc(OC)ccc1N.Cl. The van der Waals surface area contributed by atoms with Crippen molar-refractivity contribution in [3.8, 4) is 5.75 Å². The fourth-order valence-electron chi connectivity index (χ4n) is 1.98. The summed E-state index contributed by atoms with van der Waals surface area (Å²) in [6, 6.07) is 5.26. The minimum atomic E-state index is 0. The summed E-state index contributed by atoms with van der Waals surface area (Å²) in [5.74, 6) is 0.771. The molecule has 114 valence electrons. The Kier molecular flexibility index (Phi) is 8.81. The van der Waals surface area contributed by atoms with Crippen molar-refractivity contribution in [2.75, 3.05) is 18.2 Å². The van der Waals surface area contributed by atoms with Gasteiger partial charge in [0, 0.05) is 12.0 Å². The molecule has 0 aromatic heterocycles. The number of benzene rings is 1. The highest BCUT2D eigenvalue weighted by Gasteiger charge is 2.17. The molecule has 1 unspecified atom stereocenters. The van der Waals surface area contributed by atoms with Gasteiger partial charge < -0.3 is 15.8 Å². The van der Waals surface area contributed by atoms with Crippen molar-refractivity contribution < 1.29 is 9.53 Å². The molecule has 5 heteroatoms. The smallest absolute Gasteiger partial charge is 0.227 e. The molecule has 1 aromatic rings. The Balaban J connectivity index is 0.00000361. The number of ether oxygens (including phenoxy) is 1. The van der Waals surface area contributed by atoms with Crippen molar-refractivity contribution in [3.63, 3.8) is 0 Å². The molecule has 0 aliphatic carbocycles. The molecule has 1 amide bonds. The van der Waals surface area contributed by atoms with Crippen LogP contribution < -0.4 is 15.8 Å². The summed E-state index contributed by atoms with van der Waals surface area (Å²) in [6.45, 7) is 4.17. The Labute approximate surface area is 127 Å². The zero-order valence-electron chi connectivity index (χ0n) is 12.4. The average Bonchev–Trinajstić information content (AvgIpc) is 2.42. The lowest BCUT2D eigenvalue weighted by molar-refractivity contribution is -0.120. The minimum Gasteiger partial charge on any atom is -0.497 e.